The Morgan fingerprint density at radius 3 is 2.75 bits per heavy atom. The molecule has 2 aromatic carbocycles. The van der Waals surface area contributed by atoms with Crippen molar-refractivity contribution in [3.63, 3.8) is 0 Å². The summed E-state index contributed by atoms with van der Waals surface area (Å²) in [5.41, 5.74) is 3.80. The van der Waals surface area contributed by atoms with Crippen LogP contribution in [0.15, 0.2) is 47.7 Å². The molecule has 0 saturated carbocycles. The number of rotatable bonds is 5. The van der Waals surface area contributed by atoms with Crippen molar-refractivity contribution in [2.45, 2.75) is 26.8 Å². The highest BCUT2D eigenvalue weighted by Gasteiger charge is 2.35. The highest BCUT2D eigenvalue weighted by Crippen LogP contribution is 2.38. The molecule has 1 unspecified atom stereocenters. The van der Waals surface area contributed by atoms with Crippen LogP contribution in [0.5, 0.6) is 5.75 Å². The van der Waals surface area contributed by atoms with E-state index in [9.17, 15) is 14.9 Å². The van der Waals surface area contributed by atoms with Crippen molar-refractivity contribution in [2.24, 2.45) is 0 Å². The predicted molar refractivity (Wildman–Crippen MR) is 116 cm³/mol. The summed E-state index contributed by atoms with van der Waals surface area (Å²) in [4.78, 5) is 24.5. The van der Waals surface area contributed by atoms with E-state index in [0.29, 0.717) is 28.5 Å². The molecule has 1 aromatic heterocycles. The first-order valence-electron chi connectivity index (χ1n) is 9.77. The number of fused-ring (bicyclic) bond motifs is 1. The van der Waals surface area contributed by atoms with E-state index in [-0.39, 0.29) is 17.3 Å². The zero-order chi connectivity index (χ0) is 23.0. The molecule has 4 rings (SSSR count). The largest absolute Gasteiger partial charge is 0.490 e. The number of ether oxygens (including phenoxy) is 1. The Labute approximate surface area is 183 Å². The summed E-state index contributed by atoms with van der Waals surface area (Å²) in [6.45, 7) is 5.63. The molecule has 0 bridgehead atoms. The number of carbonyl (C=O) groups is 1. The molecule has 2 N–H and O–H groups in total. The quantitative estimate of drug-likeness (QED) is 0.461. The molecule has 11 nitrogen and oxygen atoms in total. The number of methoxy groups -OCH3 is 1. The Balaban J connectivity index is 1.82. The van der Waals surface area contributed by atoms with E-state index < -0.39 is 11.0 Å². The maximum atomic E-state index is 13.4. The van der Waals surface area contributed by atoms with E-state index in [0.717, 1.165) is 11.1 Å². The molecule has 32 heavy (non-hydrogen) atoms. The first-order valence-corrected chi connectivity index (χ1v) is 9.77. The SMILES string of the molecule is COc1ccc(C2C(C(=O)Nc3cccc(C)c3C)=C(C)Nc3nnnn32)cc1[N+](=O)[O-]. The number of hydrogen-bond acceptors (Lipinski definition) is 8. The molecule has 0 saturated heterocycles. The number of carbonyl (C=O) groups excluding carboxylic acids is 1. The third-order valence-corrected chi connectivity index (χ3v) is 5.53. The van der Waals surface area contributed by atoms with E-state index >= 15 is 0 Å². The van der Waals surface area contributed by atoms with Gasteiger partial charge in [-0.25, -0.2) is 0 Å². The molecule has 0 radical (unpaired) electrons. The number of nitro benzene ring substituents is 1. The minimum atomic E-state index is -0.782. The van der Waals surface area contributed by atoms with Gasteiger partial charge in [0.2, 0.25) is 5.95 Å². The number of amides is 1. The lowest BCUT2D eigenvalue weighted by Crippen LogP contribution is -2.31. The van der Waals surface area contributed by atoms with Crippen LogP contribution in [-0.2, 0) is 4.79 Å². The fourth-order valence-corrected chi connectivity index (χ4v) is 3.71. The first-order chi connectivity index (χ1) is 15.3. The number of hydrogen-bond donors (Lipinski definition) is 2. The number of benzene rings is 2. The Kier molecular flexibility index (Phi) is 5.31. The van der Waals surface area contributed by atoms with Gasteiger partial charge in [-0.3, -0.25) is 14.9 Å². The van der Waals surface area contributed by atoms with Gasteiger partial charge in [0, 0.05) is 17.5 Å². The summed E-state index contributed by atoms with van der Waals surface area (Å²) >= 11 is 0. The second-order valence-corrected chi connectivity index (χ2v) is 7.40. The lowest BCUT2D eigenvalue weighted by Gasteiger charge is -2.28. The van der Waals surface area contributed by atoms with E-state index in [1.165, 1.54) is 23.9 Å². The molecule has 1 aliphatic heterocycles. The van der Waals surface area contributed by atoms with Crippen LogP contribution in [0.4, 0.5) is 17.3 Å². The number of tetrazole rings is 1. The van der Waals surface area contributed by atoms with Crippen LogP contribution in [0.1, 0.15) is 29.7 Å². The van der Waals surface area contributed by atoms with Crippen LogP contribution in [0.2, 0.25) is 0 Å². The Bertz CT molecular complexity index is 1260. The van der Waals surface area contributed by atoms with Crippen molar-refractivity contribution in [2.75, 3.05) is 17.7 Å². The number of aromatic nitrogens is 4. The van der Waals surface area contributed by atoms with Crippen LogP contribution in [0.3, 0.4) is 0 Å². The third-order valence-electron chi connectivity index (χ3n) is 5.53. The molecule has 3 aromatic rings. The highest BCUT2D eigenvalue weighted by molar-refractivity contribution is 6.06. The second-order valence-electron chi connectivity index (χ2n) is 7.40. The van der Waals surface area contributed by atoms with Crippen LogP contribution < -0.4 is 15.4 Å². The normalized spacial score (nSPS) is 15.1. The van der Waals surface area contributed by atoms with Gasteiger partial charge < -0.3 is 15.4 Å². The average Bonchev–Trinajstić information content (AvgIpc) is 3.23. The molecular weight excluding hydrogens is 414 g/mol. The van der Waals surface area contributed by atoms with Crippen LogP contribution >= 0.6 is 0 Å². The maximum absolute atomic E-state index is 13.4. The molecular formula is C21H21N7O4. The van der Waals surface area contributed by atoms with Crippen LogP contribution in [0, 0.1) is 24.0 Å². The smallest absolute Gasteiger partial charge is 0.311 e. The van der Waals surface area contributed by atoms with Crippen molar-refractivity contribution < 1.29 is 14.5 Å². The number of aryl methyl sites for hydroxylation is 1. The lowest BCUT2D eigenvalue weighted by atomic mass is 9.94. The summed E-state index contributed by atoms with van der Waals surface area (Å²) in [5.74, 6) is 0.0780. The highest BCUT2D eigenvalue weighted by atomic mass is 16.6. The molecule has 1 aliphatic rings. The van der Waals surface area contributed by atoms with Gasteiger partial charge in [0.1, 0.15) is 6.04 Å². The summed E-state index contributed by atoms with van der Waals surface area (Å²) in [6.07, 6.45) is 0. The van der Waals surface area contributed by atoms with Gasteiger partial charge in [0.25, 0.3) is 5.91 Å². The van der Waals surface area contributed by atoms with Gasteiger partial charge in [0.15, 0.2) is 5.75 Å². The first kappa shape index (κ1) is 21.0. The minimum Gasteiger partial charge on any atom is -0.490 e. The molecule has 2 heterocycles. The maximum Gasteiger partial charge on any atom is 0.311 e. The number of nitro groups is 1. The summed E-state index contributed by atoms with van der Waals surface area (Å²) in [6, 6.07) is 9.39. The zero-order valence-electron chi connectivity index (χ0n) is 17.9. The van der Waals surface area contributed by atoms with E-state index in [1.54, 1.807) is 13.0 Å². The van der Waals surface area contributed by atoms with Crippen LogP contribution in [-0.4, -0.2) is 38.1 Å². The Hall–Kier alpha value is -4.28. The number of nitrogens with one attached hydrogen (secondary N) is 2. The van der Waals surface area contributed by atoms with Crippen LogP contribution in [0.25, 0.3) is 0 Å². The Morgan fingerprint density at radius 2 is 2.03 bits per heavy atom. The molecule has 0 aliphatic carbocycles. The Morgan fingerprint density at radius 1 is 1.25 bits per heavy atom. The predicted octanol–water partition coefficient (Wildman–Crippen LogP) is 3.13. The van der Waals surface area contributed by atoms with E-state index in [4.69, 9.17) is 4.74 Å². The molecule has 11 heteroatoms. The summed E-state index contributed by atoms with van der Waals surface area (Å²) in [7, 11) is 1.36. The third kappa shape index (κ3) is 3.53. The van der Waals surface area contributed by atoms with Gasteiger partial charge >= 0.3 is 5.69 Å². The number of allylic oxidation sites excluding steroid dienone is 1. The van der Waals surface area contributed by atoms with Crippen molar-refractivity contribution in [1.82, 2.24) is 20.2 Å². The molecule has 164 valence electrons. The van der Waals surface area contributed by atoms with Gasteiger partial charge in [-0.1, -0.05) is 23.3 Å². The number of anilines is 2. The second kappa shape index (κ2) is 8.10. The minimum absolute atomic E-state index is 0.117. The molecule has 1 atom stereocenters. The van der Waals surface area contributed by atoms with Crippen molar-refractivity contribution in [1.29, 1.82) is 0 Å². The topological polar surface area (TPSA) is 137 Å². The summed E-state index contributed by atoms with van der Waals surface area (Å²) < 4.78 is 6.54. The van der Waals surface area contributed by atoms with Gasteiger partial charge in [0.05, 0.1) is 17.6 Å². The van der Waals surface area contributed by atoms with Crippen molar-refractivity contribution >= 4 is 23.2 Å². The average molecular weight is 435 g/mol. The fraction of sp³-hybridized carbons (Fsp3) is 0.238. The van der Waals surface area contributed by atoms with E-state index in [1.807, 2.05) is 32.0 Å². The molecule has 0 fully saturated rings. The lowest BCUT2D eigenvalue weighted by molar-refractivity contribution is -0.385. The van der Waals surface area contributed by atoms with Gasteiger partial charge in [-0.2, -0.15) is 4.68 Å². The van der Waals surface area contributed by atoms with E-state index in [2.05, 4.69) is 26.2 Å². The van der Waals surface area contributed by atoms with Gasteiger partial charge in [-0.05, 0) is 60.0 Å². The van der Waals surface area contributed by atoms with Crippen molar-refractivity contribution in [3.8, 4) is 5.75 Å². The monoisotopic (exact) mass is 435 g/mol. The molecule has 1 amide bonds. The zero-order valence-corrected chi connectivity index (χ0v) is 17.9. The molecule has 0 spiro atoms. The summed E-state index contributed by atoms with van der Waals surface area (Å²) in [5, 5.41) is 29.2. The standard InChI is InChI=1S/C21H21N7O4/c1-11-6-5-7-15(12(11)2)23-20(29)18-13(3)22-21-24-25-26-27(21)19(18)14-8-9-17(32-4)16(10-14)28(30)31/h5-10,19H,1-4H3,(H,23,29)(H,22,24,26). The van der Waals surface area contributed by atoms with Gasteiger partial charge in [-0.15, -0.1) is 0 Å². The number of nitrogens with zero attached hydrogens (tertiary/aromatic N) is 5. The fourth-order valence-electron chi connectivity index (χ4n) is 3.71. The van der Waals surface area contributed by atoms with Crippen molar-refractivity contribution in [3.05, 3.63) is 74.5 Å².